The van der Waals surface area contributed by atoms with E-state index in [1.54, 1.807) is 0 Å². The van der Waals surface area contributed by atoms with E-state index >= 15 is 0 Å². The number of aromatic nitrogens is 2. The third-order valence-electron chi connectivity index (χ3n) is 2.78. The number of nitrogens with one attached hydrogen (secondary N) is 1. The zero-order valence-electron chi connectivity index (χ0n) is 11.0. The number of nitro groups is 1. The molecule has 1 aromatic heterocycles. The Kier molecular flexibility index (Phi) is 4.14. The molecular weight excluding hydrogens is 280 g/mol. The van der Waals surface area contributed by atoms with Crippen LogP contribution < -0.4 is 5.32 Å². The lowest BCUT2D eigenvalue weighted by Crippen LogP contribution is -2.01. The summed E-state index contributed by atoms with van der Waals surface area (Å²) in [5.41, 5.74) is 1.67. The molecule has 7 heteroatoms. The van der Waals surface area contributed by atoms with Crippen molar-refractivity contribution in [2.45, 2.75) is 19.8 Å². The van der Waals surface area contributed by atoms with Crippen LogP contribution in [0.3, 0.4) is 0 Å². The standard InChI is InChI=1S/C13H13ClN4O2/c1-8(2)9-3-5-10(6-4-9)16-12-11(18(19)20)7-15-13(14)17-12/h3-8H,1-2H3,(H,15,16,17). The van der Waals surface area contributed by atoms with Crippen molar-refractivity contribution in [2.75, 3.05) is 5.32 Å². The molecule has 0 fully saturated rings. The molecule has 6 nitrogen and oxygen atoms in total. The van der Waals surface area contributed by atoms with E-state index in [0.717, 1.165) is 6.20 Å². The van der Waals surface area contributed by atoms with Crippen LogP contribution in [0.2, 0.25) is 5.28 Å². The molecule has 0 spiro atoms. The summed E-state index contributed by atoms with van der Waals surface area (Å²) in [6.07, 6.45) is 1.08. The Labute approximate surface area is 121 Å². The normalized spacial score (nSPS) is 10.6. The first-order chi connectivity index (χ1) is 9.47. The van der Waals surface area contributed by atoms with Gasteiger partial charge in [0.25, 0.3) is 0 Å². The zero-order valence-corrected chi connectivity index (χ0v) is 11.8. The molecule has 104 valence electrons. The maximum atomic E-state index is 10.9. The molecule has 0 aliphatic rings. The summed E-state index contributed by atoms with van der Waals surface area (Å²) in [4.78, 5) is 17.8. The number of hydrogen-bond donors (Lipinski definition) is 1. The van der Waals surface area contributed by atoms with Gasteiger partial charge in [-0.15, -0.1) is 0 Å². The lowest BCUT2D eigenvalue weighted by atomic mass is 10.0. The van der Waals surface area contributed by atoms with Crippen molar-refractivity contribution in [3.63, 3.8) is 0 Å². The largest absolute Gasteiger partial charge is 0.334 e. The maximum absolute atomic E-state index is 10.9. The fourth-order valence-electron chi connectivity index (χ4n) is 1.67. The third-order valence-corrected chi connectivity index (χ3v) is 2.96. The van der Waals surface area contributed by atoms with Crippen LogP contribution in [0.4, 0.5) is 17.2 Å². The number of rotatable bonds is 4. The van der Waals surface area contributed by atoms with Gasteiger partial charge in [0.15, 0.2) is 0 Å². The number of nitrogens with zero attached hydrogens (tertiary/aromatic N) is 3. The Morgan fingerprint density at radius 3 is 2.50 bits per heavy atom. The minimum atomic E-state index is -0.554. The highest BCUT2D eigenvalue weighted by molar-refractivity contribution is 6.28. The van der Waals surface area contributed by atoms with Crippen molar-refractivity contribution in [1.82, 2.24) is 9.97 Å². The van der Waals surface area contributed by atoms with Gasteiger partial charge in [-0.3, -0.25) is 10.1 Å². The molecule has 0 saturated carbocycles. The maximum Gasteiger partial charge on any atom is 0.329 e. The van der Waals surface area contributed by atoms with E-state index < -0.39 is 4.92 Å². The second-order valence-electron chi connectivity index (χ2n) is 4.53. The van der Waals surface area contributed by atoms with Crippen LogP contribution in [-0.4, -0.2) is 14.9 Å². The van der Waals surface area contributed by atoms with Crippen LogP contribution >= 0.6 is 11.6 Å². The minimum Gasteiger partial charge on any atom is -0.334 e. The summed E-state index contributed by atoms with van der Waals surface area (Å²) in [7, 11) is 0. The highest BCUT2D eigenvalue weighted by Gasteiger charge is 2.17. The lowest BCUT2D eigenvalue weighted by molar-refractivity contribution is -0.384. The van der Waals surface area contributed by atoms with Gasteiger partial charge in [-0.2, -0.15) is 4.98 Å². The molecule has 0 radical (unpaired) electrons. The van der Waals surface area contributed by atoms with E-state index in [4.69, 9.17) is 11.6 Å². The van der Waals surface area contributed by atoms with Gasteiger partial charge in [-0.1, -0.05) is 26.0 Å². The van der Waals surface area contributed by atoms with Gasteiger partial charge in [-0.05, 0) is 35.2 Å². The fourth-order valence-corrected chi connectivity index (χ4v) is 1.80. The van der Waals surface area contributed by atoms with Crippen LogP contribution in [0.5, 0.6) is 0 Å². The van der Waals surface area contributed by atoms with Crippen molar-refractivity contribution in [3.05, 3.63) is 51.4 Å². The SMILES string of the molecule is CC(C)c1ccc(Nc2nc(Cl)ncc2[N+](=O)[O-])cc1. The van der Waals surface area contributed by atoms with Gasteiger partial charge in [0.05, 0.1) is 4.92 Å². The van der Waals surface area contributed by atoms with Gasteiger partial charge in [-0.25, -0.2) is 4.98 Å². The molecule has 0 amide bonds. The molecule has 1 N–H and O–H groups in total. The Balaban J connectivity index is 2.29. The molecule has 2 rings (SSSR count). The van der Waals surface area contributed by atoms with Gasteiger partial charge in [0, 0.05) is 5.69 Å². The molecule has 0 unspecified atom stereocenters. The highest BCUT2D eigenvalue weighted by atomic mass is 35.5. The predicted octanol–water partition coefficient (Wildman–Crippen LogP) is 3.91. The number of anilines is 2. The average molecular weight is 293 g/mol. The van der Waals surface area contributed by atoms with Crippen molar-refractivity contribution >= 4 is 28.8 Å². The van der Waals surface area contributed by atoms with E-state index in [9.17, 15) is 10.1 Å². The molecular formula is C13H13ClN4O2. The van der Waals surface area contributed by atoms with Crippen LogP contribution in [-0.2, 0) is 0 Å². The van der Waals surface area contributed by atoms with Crippen LogP contribution in [0.25, 0.3) is 0 Å². The van der Waals surface area contributed by atoms with E-state index in [1.807, 2.05) is 24.3 Å². The van der Waals surface area contributed by atoms with E-state index in [-0.39, 0.29) is 16.8 Å². The molecule has 0 bridgehead atoms. The Morgan fingerprint density at radius 1 is 1.30 bits per heavy atom. The monoisotopic (exact) mass is 292 g/mol. The molecule has 0 aliphatic carbocycles. The summed E-state index contributed by atoms with van der Waals surface area (Å²) >= 11 is 5.67. The van der Waals surface area contributed by atoms with Crippen LogP contribution in [0.15, 0.2) is 30.5 Å². The first-order valence-electron chi connectivity index (χ1n) is 6.01. The van der Waals surface area contributed by atoms with Gasteiger partial charge in [0.1, 0.15) is 6.20 Å². The van der Waals surface area contributed by atoms with Crippen molar-refractivity contribution < 1.29 is 4.92 Å². The molecule has 2 aromatic rings. The lowest BCUT2D eigenvalue weighted by Gasteiger charge is -2.09. The van der Waals surface area contributed by atoms with Gasteiger partial charge < -0.3 is 5.32 Å². The predicted molar refractivity (Wildman–Crippen MR) is 77.5 cm³/mol. The van der Waals surface area contributed by atoms with E-state index in [1.165, 1.54) is 5.56 Å². The first-order valence-corrected chi connectivity index (χ1v) is 6.39. The molecule has 1 heterocycles. The average Bonchev–Trinajstić information content (AvgIpc) is 2.39. The van der Waals surface area contributed by atoms with Crippen molar-refractivity contribution in [1.29, 1.82) is 0 Å². The van der Waals surface area contributed by atoms with Crippen molar-refractivity contribution in [2.24, 2.45) is 0 Å². The smallest absolute Gasteiger partial charge is 0.329 e. The highest BCUT2D eigenvalue weighted by Crippen LogP contribution is 2.26. The zero-order chi connectivity index (χ0) is 14.7. The summed E-state index contributed by atoms with van der Waals surface area (Å²) < 4.78 is 0. The Morgan fingerprint density at radius 2 is 1.95 bits per heavy atom. The van der Waals surface area contributed by atoms with Gasteiger partial charge >= 0.3 is 5.69 Å². The first kappa shape index (κ1) is 14.2. The van der Waals surface area contributed by atoms with Crippen LogP contribution in [0.1, 0.15) is 25.3 Å². The second-order valence-corrected chi connectivity index (χ2v) is 4.87. The fraction of sp³-hybridized carbons (Fsp3) is 0.231. The number of benzene rings is 1. The minimum absolute atomic E-state index is 0.0445. The molecule has 1 aromatic carbocycles. The number of halogens is 1. The Bertz CT molecular complexity index is 629. The second kappa shape index (κ2) is 5.83. The van der Waals surface area contributed by atoms with Crippen LogP contribution in [0, 0.1) is 10.1 Å². The third kappa shape index (κ3) is 3.21. The van der Waals surface area contributed by atoms with E-state index in [0.29, 0.717) is 11.6 Å². The van der Waals surface area contributed by atoms with Crippen molar-refractivity contribution in [3.8, 4) is 0 Å². The van der Waals surface area contributed by atoms with E-state index in [2.05, 4.69) is 29.1 Å². The molecule has 20 heavy (non-hydrogen) atoms. The molecule has 0 saturated heterocycles. The number of hydrogen-bond acceptors (Lipinski definition) is 5. The summed E-state index contributed by atoms with van der Waals surface area (Å²) in [6, 6.07) is 7.60. The molecule has 0 atom stereocenters. The topological polar surface area (TPSA) is 81.0 Å². The summed E-state index contributed by atoms with van der Waals surface area (Å²) in [6.45, 7) is 4.19. The quantitative estimate of drug-likeness (QED) is 0.525. The summed E-state index contributed by atoms with van der Waals surface area (Å²) in [5.74, 6) is 0.499. The summed E-state index contributed by atoms with van der Waals surface area (Å²) in [5, 5.41) is 13.7. The molecule has 0 aliphatic heterocycles. The Hall–Kier alpha value is -2.21. The van der Waals surface area contributed by atoms with Gasteiger partial charge in [0.2, 0.25) is 11.1 Å².